The standard InChI is InChI=1S/C17H12Cl3F3O2/c1-24-11-5-2-9(3-6-11)14-15(16(14,19)20)10-4-7-13(12(18)8-10)25-17(21,22)23/h2-8,14-15H,1H3. The highest BCUT2D eigenvalue weighted by Gasteiger charge is 2.64. The van der Waals surface area contributed by atoms with Gasteiger partial charge in [-0.1, -0.05) is 29.8 Å². The molecule has 1 aliphatic rings. The van der Waals surface area contributed by atoms with E-state index >= 15 is 0 Å². The van der Waals surface area contributed by atoms with Crippen molar-refractivity contribution in [2.75, 3.05) is 7.11 Å². The summed E-state index contributed by atoms with van der Waals surface area (Å²) in [6.45, 7) is 0. The topological polar surface area (TPSA) is 18.5 Å². The second kappa shape index (κ2) is 6.45. The molecule has 8 heteroatoms. The second-order valence-electron chi connectivity index (χ2n) is 5.64. The van der Waals surface area contributed by atoms with Crippen molar-refractivity contribution in [3.05, 3.63) is 58.6 Å². The van der Waals surface area contributed by atoms with Crippen molar-refractivity contribution in [1.82, 2.24) is 0 Å². The summed E-state index contributed by atoms with van der Waals surface area (Å²) < 4.78 is 44.9. The molecule has 2 aromatic rings. The van der Waals surface area contributed by atoms with E-state index in [-0.39, 0.29) is 16.9 Å². The Bertz CT molecular complexity index is 776. The van der Waals surface area contributed by atoms with Crippen LogP contribution in [0, 0.1) is 0 Å². The number of halogens is 6. The van der Waals surface area contributed by atoms with E-state index in [1.807, 2.05) is 12.1 Å². The molecule has 0 spiro atoms. The molecule has 2 nitrogen and oxygen atoms in total. The molecule has 0 radical (unpaired) electrons. The minimum atomic E-state index is -4.81. The maximum atomic E-state index is 12.3. The van der Waals surface area contributed by atoms with Gasteiger partial charge in [0.05, 0.1) is 12.1 Å². The Morgan fingerprint density at radius 1 is 0.960 bits per heavy atom. The normalized spacial score (nSPS) is 21.7. The van der Waals surface area contributed by atoms with Gasteiger partial charge in [-0.2, -0.15) is 0 Å². The lowest BCUT2D eigenvalue weighted by Gasteiger charge is -2.11. The Labute approximate surface area is 157 Å². The van der Waals surface area contributed by atoms with Gasteiger partial charge in [-0.25, -0.2) is 0 Å². The Hall–Kier alpha value is -1.30. The fraction of sp³-hybridized carbons (Fsp3) is 0.294. The average molecular weight is 412 g/mol. The molecule has 2 aromatic carbocycles. The van der Waals surface area contributed by atoms with Gasteiger partial charge < -0.3 is 9.47 Å². The van der Waals surface area contributed by atoms with Crippen LogP contribution in [0.25, 0.3) is 0 Å². The van der Waals surface area contributed by atoms with Crippen LogP contribution in [0.1, 0.15) is 23.0 Å². The van der Waals surface area contributed by atoms with E-state index in [4.69, 9.17) is 39.5 Å². The van der Waals surface area contributed by atoms with Crippen LogP contribution in [-0.4, -0.2) is 17.8 Å². The number of hydrogen-bond acceptors (Lipinski definition) is 2. The smallest absolute Gasteiger partial charge is 0.497 e. The SMILES string of the molecule is COc1ccc(C2C(c3ccc(OC(F)(F)F)c(Cl)c3)C2(Cl)Cl)cc1. The maximum absolute atomic E-state index is 12.3. The molecule has 1 fully saturated rings. The van der Waals surface area contributed by atoms with Gasteiger partial charge in [-0.3, -0.25) is 0 Å². The van der Waals surface area contributed by atoms with Crippen LogP contribution in [0.15, 0.2) is 42.5 Å². The summed E-state index contributed by atoms with van der Waals surface area (Å²) in [7, 11) is 1.56. The summed E-state index contributed by atoms with van der Waals surface area (Å²) in [5.41, 5.74) is 1.55. The van der Waals surface area contributed by atoms with E-state index < -0.39 is 16.4 Å². The lowest BCUT2D eigenvalue weighted by atomic mass is 10.0. The van der Waals surface area contributed by atoms with E-state index in [2.05, 4.69) is 4.74 Å². The Morgan fingerprint density at radius 2 is 1.52 bits per heavy atom. The summed E-state index contributed by atoms with van der Waals surface area (Å²) >= 11 is 18.7. The Balaban J connectivity index is 1.85. The molecule has 25 heavy (non-hydrogen) atoms. The van der Waals surface area contributed by atoms with E-state index in [0.29, 0.717) is 11.3 Å². The minimum Gasteiger partial charge on any atom is -0.497 e. The number of benzene rings is 2. The summed E-state index contributed by atoms with van der Waals surface area (Å²) in [4.78, 5) is 0. The monoisotopic (exact) mass is 410 g/mol. The summed E-state index contributed by atoms with van der Waals surface area (Å²) in [6, 6.07) is 11.3. The first-order valence-corrected chi connectivity index (χ1v) is 8.34. The third-order valence-corrected chi connectivity index (χ3v) is 5.30. The lowest BCUT2D eigenvalue weighted by molar-refractivity contribution is -0.274. The van der Waals surface area contributed by atoms with Crippen molar-refractivity contribution in [3.63, 3.8) is 0 Å². The maximum Gasteiger partial charge on any atom is 0.573 e. The predicted molar refractivity (Wildman–Crippen MR) is 91.0 cm³/mol. The molecule has 0 heterocycles. The van der Waals surface area contributed by atoms with Crippen molar-refractivity contribution in [2.45, 2.75) is 22.5 Å². The molecule has 0 saturated heterocycles. The van der Waals surface area contributed by atoms with E-state index in [0.717, 1.165) is 5.56 Å². The van der Waals surface area contributed by atoms with E-state index in [1.54, 1.807) is 19.2 Å². The molecule has 0 aromatic heterocycles. The van der Waals surface area contributed by atoms with Crippen LogP contribution in [0.4, 0.5) is 13.2 Å². The molecule has 0 amide bonds. The summed E-state index contributed by atoms with van der Waals surface area (Å²) in [5.74, 6) is -0.254. The molecule has 2 atom stereocenters. The first kappa shape index (κ1) is 18.5. The zero-order chi connectivity index (χ0) is 18.4. The molecule has 0 bridgehead atoms. The number of ether oxygens (including phenoxy) is 2. The van der Waals surface area contributed by atoms with Crippen LogP contribution in [0.5, 0.6) is 11.5 Å². The van der Waals surface area contributed by atoms with Crippen molar-refractivity contribution < 1.29 is 22.6 Å². The molecule has 3 rings (SSSR count). The van der Waals surface area contributed by atoms with Gasteiger partial charge >= 0.3 is 6.36 Å². The molecule has 0 aliphatic heterocycles. The molecular weight excluding hydrogens is 400 g/mol. The van der Waals surface area contributed by atoms with Gasteiger partial charge in [-0.15, -0.1) is 36.4 Å². The highest BCUT2D eigenvalue weighted by molar-refractivity contribution is 6.52. The van der Waals surface area contributed by atoms with E-state index in [1.165, 1.54) is 18.2 Å². The largest absolute Gasteiger partial charge is 0.573 e. The van der Waals surface area contributed by atoms with Crippen LogP contribution in [0.3, 0.4) is 0 Å². The predicted octanol–water partition coefficient (Wildman–Crippen LogP) is 6.30. The van der Waals surface area contributed by atoms with Gasteiger partial charge in [0.1, 0.15) is 15.8 Å². The van der Waals surface area contributed by atoms with Crippen molar-refractivity contribution >= 4 is 34.8 Å². The molecule has 1 aliphatic carbocycles. The Kier molecular flexibility index (Phi) is 4.77. The first-order chi connectivity index (χ1) is 11.6. The summed E-state index contributed by atoms with van der Waals surface area (Å²) in [6.07, 6.45) is -4.81. The molecule has 1 saturated carbocycles. The quantitative estimate of drug-likeness (QED) is 0.550. The van der Waals surface area contributed by atoms with Crippen LogP contribution in [0.2, 0.25) is 5.02 Å². The van der Waals surface area contributed by atoms with Gasteiger partial charge in [0, 0.05) is 11.8 Å². The molecule has 134 valence electrons. The van der Waals surface area contributed by atoms with Gasteiger partial charge in [0.15, 0.2) is 0 Å². The summed E-state index contributed by atoms with van der Waals surface area (Å²) in [5, 5.41) is -0.153. The van der Waals surface area contributed by atoms with Crippen molar-refractivity contribution in [3.8, 4) is 11.5 Å². The first-order valence-electron chi connectivity index (χ1n) is 7.20. The highest BCUT2D eigenvalue weighted by Crippen LogP contribution is 2.70. The number of rotatable bonds is 4. The zero-order valence-electron chi connectivity index (χ0n) is 12.8. The molecule has 0 N–H and O–H groups in total. The van der Waals surface area contributed by atoms with Gasteiger partial charge in [-0.05, 0) is 35.4 Å². The number of methoxy groups -OCH3 is 1. The van der Waals surface area contributed by atoms with Crippen molar-refractivity contribution in [2.24, 2.45) is 0 Å². The van der Waals surface area contributed by atoms with Crippen LogP contribution < -0.4 is 9.47 Å². The number of hydrogen-bond donors (Lipinski definition) is 0. The van der Waals surface area contributed by atoms with Crippen molar-refractivity contribution in [1.29, 1.82) is 0 Å². The molecule has 2 unspecified atom stereocenters. The lowest BCUT2D eigenvalue weighted by Crippen LogP contribution is -2.17. The van der Waals surface area contributed by atoms with Gasteiger partial charge in [0.2, 0.25) is 0 Å². The van der Waals surface area contributed by atoms with Crippen LogP contribution in [-0.2, 0) is 0 Å². The Morgan fingerprint density at radius 3 is 2.04 bits per heavy atom. The zero-order valence-corrected chi connectivity index (χ0v) is 15.0. The third-order valence-electron chi connectivity index (χ3n) is 4.07. The fourth-order valence-electron chi connectivity index (χ4n) is 2.89. The molecular formula is C17H12Cl3F3O2. The minimum absolute atomic E-state index is 0.153. The van der Waals surface area contributed by atoms with Crippen LogP contribution >= 0.6 is 34.8 Å². The third kappa shape index (κ3) is 3.78. The fourth-order valence-corrected chi connectivity index (χ4v) is 3.99. The van der Waals surface area contributed by atoms with E-state index in [9.17, 15) is 13.2 Å². The second-order valence-corrected chi connectivity index (χ2v) is 7.49. The number of alkyl halides is 5. The highest BCUT2D eigenvalue weighted by atomic mass is 35.5. The average Bonchev–Trinajstić information content (AvgIpc) is 3.10. The van der Waals surface area contributed by atoms with Gasteiger partial charge in [0.25, 0.3) is 0 Å².